The molecule has 1 fully saturated rings. The van der Waals surface area contributed by atoms with E-state index >= 15 is 0 Å². The lowest BCUT2D eigenvalue weighted by molar-refractivity contribution is 0.0555. The molecule has 0 saturated heterocycles. The number of H-pyrrole nitrogens is 1. The quantitative estimate of drug-likeness (QED) is 0.507. The van der Waals surface area contributed by atoms with Gasteiger partial charge in [0.15, 0.2) is 17.3 Å². The smallest absolute Gasteiger partial charge is 0.407 e. The van der Waals surface area contributed by atoms with Crippen LogP contribution in [0.2, 0.25) is 0 Å². The van der Waals surface area contributed by atoms with E-state index in [-0.39, 0.29) is 18.3 Å². The lowest BCUT2D eigenvalue weighted by atomic mass is 10.0. The van der Waals surface area contributed by atoms with Gasteiger partial charge < -0.3 is 20.1 Å². The van der Waals surface area contributed by atoms with Crippen molar-refractivity contribution in [2.75, 3.05) is 12.4 Å². The van der Waals surface area contributed by atoms with E-state index in [9.17, 15) is 13.6 Å². The molecule has 1 saturated carbocycles. The molecule has 0 bridgehead atoms. The first-order valence-corrected chi connectivity index (χ1v) is 10.3. The lowest BCUT2D eigenvalue weighted by Gasteiger charge is -2.18. The van der Waals surface area contributed by atoms with Gasteiger partial charge in [0, 0.05) is 37.0 Å². The van der Waals surface area contributed by atoms with E-state index in [0.717, 1.165) is 6.20 Å². The first-order chi connectivity index (χ1) is 15.4. The maximum atomic E-state index is 14.9. The van der Waals surface area contributed by atoms with E-state index in [1.165, 1.54) is 11.5 Å². The van der Waals surface area contributed by atoms with Crippen molar-refractivity contribution >= 4 is 23.5 Å². The lowest BCUT2D eigenvalue weighted by Crippen LogP contribution is -2.36. The number of aromatic amines is 1. The minimum absolute atomic E-state index is 0.0911. The molecule has 3 aromatic rings. The van der Waals surface area contributed by atoms with Crippen molar-refractivity contribution in [3.05, 3.63) is 35.7 Å². The Kier molecular flexibility index (Phi) is 6.21. The second kappa shape index (κ2) is 9.07. The van der Waals surface area contributed by atoms with Crippen molar-refractivity contribution in [2.45, 2.75) is 57.5 Å². The van der Waals surface area contributed by atoms with Crippen LogP contribution in [0, 0.1) is 5.82 Å². The molecule has 3 atom stereocenters. The fourth-order valence-electron chi connectivity index (χ4n) is 3.79. The number of nitrogens with zero attached hydrogens (tertiary/aromatic N) is 4. The van der Waals surface area contributed by atoms with Crippen LogP contribution in [0.1, 0.15) is 44.0 Å². The molecule has 4 rings (SSSR count). The Hall–Kier alpha value is -3.28. The van der Waals surface area contributed by atoms with Crippen molar-refractivity contribution in [2.24, 2.45) is 0 Å². The normalized spacial score (nSPS) is 20.8. The number of hydrogen-bond acceptors (Lipinski definition) is 7. The van der Waals surface area contributed by atoms with Crippen LogP contribution >= 0.6 is 0 Å². The number of fused-ring (bicyclic) bond motifs is 1. The Morgan fingerprint density at radius 1 is 1.41 bits per heavy atom. The number of alkyl halides is 1. The Morgan fingerprint density at radius 2 is 2.22 bits per heavy atom. The molecule has 1 aliphatic rings. The average Bonchev–Trinajstić information content (AvgIpc) is 3.44. The fourth-order valence-corrected chi connectivity index (χ4v) is 3.79. The molecule has 0 aliphatic heterocycles. The summed E-state index contributed by atoms with van der Waals surface area (Å²) >= 11 is 0. The minimum Gasteiger partial charge on any atom is -0.443 e. The van der Waals surface area contributed by atoms with E-state index < -0.39 is 30.1 Å². The van der Waals surface area contributed by atoms with Crippen molar-refractivity contribution in [1.29, 1.82) is 0 Å². The molecular formula is C20H25F2N7O3. The van der Waals surface area contributed by atoms with Crippen molar-refractivity contribution in [1.82, 2.24) is 29.9 Å². The summed E-state index contributed by atoms with van der Waals surface area (Å²) in [7, 11) is 1.52. The number of imidazole rings is 1. The highest BCUT2D eigenvalue weighted by Crippen LogP contribution is 2.38. The number of nitrogens with one attached hydrogen (secondary N) is 3. The number of aromatic nitrogens is 5. The van der Waals surface area contributed by atoms with Crippen LogP contribution in [0.5, 0.6) is 0 Å². The highest BCUT2D eigenvalue weighted by atomic mass is 19.1. The van der Waals surface area contributed by atoms with E-state index in [1.807, 2.05) is 0 Å². The monoisotopic (exact) mass is 449 g/mol. The molecule has 1 amide bonds. The number of methoxy groups -OCH3 is 1. The molecule has 0 spiro atoms. The second-order valence-corrected chi connectivity index (χ2v) is 7.99. The molecule has 0 radical (unpaired) electrons. The fraction of sp³-hybridized carbons (Fsp3) is 0.500. The van der Waals surface area contributed by atoms with Gasteiger partial charge >= 0.3 is 6.09 Å². The van der Waals surface area contributed by atoms with E-state index in [0.29, 0.717) is 36.0 Å². The summed E-state index contributed by atoms with van der Waals surface area (Å²) < 4.78 is 40.8. The summed E-state index contributed by atoms with van der Waals surface area (Å²) in [5, 5.41) is 12.6. The van der Waals surface area contributed by atoms with E-state index in [4.69, 9.17) is 9.47 Å². The maximum Gasteiger partial charge on any atom is 0.407 e. The van der Waals surface area contributed by atoms with Gasteiger partial charge in [-0.3, -0.25) is 9.50 Å². The number of carbonyl (C=O) groups is 1. The molecule has 3 aromatic heterocycles. The molecule has 0 aromatic carbocycles. The Balaban J connectivity index is 1.47. The Labute approximate surface area is 182 Å². The van der Waals surface area contributed by atoms with Crippen LogP contribution < -0.4 is 10.6 Å². The average molecular weight is 449 g/mol. The summed E-state index contributed by atoms with van der Waals surface area (Å²) in [6.07, 6.45) is 0.792. The van der Waals surface area contributed by atoms with Crippen LogP contribution in [0.3, 0.4) is 0 Å². The van der Waals surface area contributed by atoms with Gasteiger partial charge in [-0.15, -0.1) is 0 Å². The van der Waals surface area contributed by atoms with Crippen LogP contribution in [-0.4, -0.2) is 56.1 Å². The second-order valence-electron chi connectivity index (χ2n) is 7.99. The highest BCUT2D eigenvalue weighted by Gasteiger charge is 2.40. The van der Waals surface area contributed by atoms with E-state index in [2.05, 4.69) is 30.8 Å². The van der Waals surface area contributed by atoms with Gasteiger partial charge in [-0.05, 0) is 26.7 Å². The first-order valence-electron chi connectivity index (χ1n) is 10.3. The van der Waals surface area contributed by atoms with Crippen molar-refractivity contribution in [3.63, 3.8) is 0 Å². The molecule has 3 N–H and O–H groups in total. The third-order valence-corrected chi connectivity index (χ3v) is 5.19. The summed E-state index contributed by atoms with van der Waals surface area (Å²) in [6, 6.07) is 1.57. The van der Waals surface area contributed by atoms with Gasteiger partial charge in [-0.25, -0.2) is 23.5 Å². The van der Waals surface area contributed by atoms with Gasteiger partial charge in [0.05, 0.1) is 18.5 Å². The van der Waals surface area contributed by atoms with Crippen LogP contribution in [-0.2, 0) is 16.1 Å². The van der Waals surface area contributed by atoms with E-state index in [1.54, 1.807) is 26.1 Å². The van der Waals surface area contributed by atoms with Crippen molar-refractivity contribution in [3.8, 4) is 0 Å². The number of amides is 1. The zero-order chi connectivity index (χ0) is 22.8. The SMILES string of the molecule is COCc1cn2c(Nc3cc([C@@H]4CC[C@H](OC(=O)NC(C)C)[C@H]4F)[nH]n3)ncc(F)c2n1. The van der Waals surface area contributed by atoms with Gasteiger partial charge in [-0.1, -0.05) is 0 Å². The van der Waals surface area contributed by atoms with Gasteiger partial charge in [0.1, 0.15) is 12.3 Å². The number of rotatable bonds is 7. The third-order valence-electron chi connectivity index (χ3n) is 5.19. The molecule has 3 heterocycles. The molecule has 32 heavy (non-hydrogen) atoms. The van der Waals surface area contributed by atoms with Gasteiger partial charge in [0.25, 0.3) is 0 Å². The number of ether oxygens (including phenoxy) is 2. The molecule has 0 unspecified atom stereocenters. The summed E-state index contributed by atoms with van der Waals surface area (Å²) in [5.74, 6) is -0.377. The number of halogens is 2. The summed E-state index contributed by atoms with van der Waals surface area (Å²) in [6.45, 7) is 3.83. The maximum absolute atomic E-state index is 14.9. The predicted molar refractivity (Wildman–Crippen MR) is 111 cm³/mol. The minimum atomic E-state index is -1.36. The molecule has 172 valence electrons. The zero-order valence-electron chi connectivity index (χ0n) is 17.9. The number of carbonyl (C=O) groups excluding carboxylic acids is 1. The first kappa shape index (κ1) is 21.9. The predicted octanol–water partition coefficient (Wildman–Crippen LogP) is 3.20. The topological polar surface area (TPSA) is 118 Å². The van der Waals surface area contributed by atoms with Crippen LogP contribution in [0.25, 0.3) is 5.65 Å². The molecular weight excluding hydrogens is 424 g/mol. The standard InChI is InChI=1S/C20H25F2N7O3/c1-10(2)24-20(30)32-15-5-4-12(17(15)22)14-6-16(28-27-14)26-19-23-7-13(21)18-25-11(9-31-3)8-29(18)19/h6-8,10,12,15,17H,4-5,9H2,1-3H3,(H,24,30)(H2,23,26,27,28)/t12-,15-,17-/m0/s1. The summed E-state index contributed by atoms with van der Waals surface area (Å²) in [5.41, 5.74) is 1.22. The number of anilines is 2. The Bertz CT molecular complexity index is 1100. The van der Waals surface area contributed by atoms with Gasteiger partial charge in [-0.2, -0.15) is 5.10 Å². The zero-order valence-corrected chi connectivity index (χ0v) is 17.9. The van der Waals surface area contributed by atoms with Crippen LogP contribution in [0.15, 0.2) is 18.5 Å². The molecule has 1 aliphatic carbocycles. The molecule has 10 nitrogen and oxygen atoms in total. The number of alkyl carbamates (subject to hydrolysis) is 1. The van der Waals surface area contributed by atoms with Gasteiger partial charge in [0.2, 0.25) is 5.95 Å². The largest absolute Gasteiger partial charge is 0.443 e. The molecule has 12 heteroatoms. The third kappa shape index (κ3) is 4.49. The Morgan fingerprint density at radius 3 is 2.97 bits per heavy atom. The van der Waals surface area contributed by atoms with Crippen LogP contribution in [0.4, 0.5) is 25.3 Å². The highest BCUT2D eigenvalue weighted by molar-refractivity contribution is 5.67. The summed E-state index contributed by atoms with van der Waals surface area (Å²) in [4.78, 5) is 20.1. The van der Waals surface area contributed by atoms with Crippen molar-refractivity contribution < 1.29 is 23.0 Å². The number of hydrogen-bond donors (Lipinski definition) is 3.